The van der Waals surface area contributed by atoms with Crippen molar-refractivity contribution in [3.05, 3.63) is 71.5 Å². The molecule has 2 amide bonds. The molecule has 1 heterocycles. The lowest BCUT2D eigenvalue weighted by molar-refractivity contribution is -0.120. The van der Waals surface area contributed by atoms with Crippen LogP contribution in [0.4, 0.5) is 9.52 Å². The molecule has 3 rings (SSSR count). The number of rotatable bonds is 8. The van der Waals surface area contributed by atoms with Crippen LogP contribution >= 0.6 is 23.1 Å². The highest BCUT2D eigenvalue weighted by Crippen LogP contribution is 2.28. The zero-order chi connectivity index (χ0) is 20.6. The summed E-state index contributed by atoms with van der Waals surface area (Å²) in [5.74, 6) is -0.116. The quantitative estimate of drug-likeness (QED) is 0.414. The SMILES string of the molecule is CC(=O)NC(CC(=O)Nc1nnc(SCc2ccc(F)cc2)s1)c1ccccc1. The van der Waals surface area contributed by atoms with E-state index in [-0.39, 0.29) is 24.1 Å². The lowest BCUT2D eigenvalue weighted by atomic mass is 10.0. The molecule has 6 nitrogen and oxygen atoms in total. The molecule has 3 aromatic rings. The number of hydrogen-bond donors (Lipinski definition) is 2. The molecule has 0 aliphatic carbocycles. The highest BCUT2D eigenvalue weighted by Gasteiger charge is 2.18. The van der Waals surface area contributed by atoms with Crippen molar-refractivity contribution in [2.24, 2.45) is 0 Å². The highest BCUT2D eigenvalue weighted by molar-refractivity contribution is 8.00. The van der Waals surface area contributed by atoms with Gasteiger partial charge in [-0.3, -0.25) is 9.59 Å². The van der Waals surface area contributed by atoms with Crippen LogP contribution in [0.15, 0.2) is 58.9 Å². The maximum Gasteiger partial charge on any atom is 0.228 e. The number of carbonyl (C=O) groups excluding carboxylic acids is 2. The number of anilines is 1. The maximum atomic E-state index is 13.0. The summed E-state index contributed by atoms with van der Waals surface area (Å²) in [5, 5.41) is 14.0. The van der Waals surface area contributed by atoms with Crippen molar-refractivity contribution in [1.82, 2.24) is 15.5 Å². The molecule has 0 saturated heterocycles. The van der Waals surface area contributed by atoms with Gasteiger partial charge in [0.25, 0.3) is 0 Å². The van der Waals surface area contributed by atoms with Gasteiger partial charge >= 0.3 is 0 Å². The highest BCUT2D eigenvalue weighted by atomic mass is 32.2. The van der Waals surface area contributed by atoms with Gasteiger partial charge in [-0.25, -0.2) is 4.39 Å². The van der Waals surface area contributed by atoms with Gasteiger partial charge in [0.15, 0.2) is 4.34 Å². The van der Waals surface area contributed by atoms with Crippen molar-refractivity contribution in [3.63, 3.8) is 0 Å². The Bertz CT molecular complexity index is 964. The molecule has 0 radical (unpaired) electrons. The Morgan fingerprint density at radius 2 is 1.83 bits per heavy atom. The van der Waals surface area contributed by atoms with Crippen LogP contribution in [-0.2, 0) is 15.3 Å². The number of nitrogens with zero attached hydrogens (tertiary/aromatic N) is 2. The van der Waals surface area contributed by atoms with Crippen LogP contribution in [0, 0.1) is 5.82 Å². The predicted octanol–water partition coefficient (Wildman–Crippen LogP) is 4.18. The summed E-state index contributed by atoms with van der Waals surface area (Å²) in [6, 6.07) is 15.2. The molecular formula is C20H19FN4O2S2. The van der Waals surface area contributed by atoms with E-state index < -0.39 is 6.04 Å². The summed E-state index contributed by atoms with van der Waals surface area (Å²) >= 11 is 2.73. The number of thioether (sulfide) groups is 1. The third kappa shape index (κ3) is 6.65. The zero-order valence-electron chi connectivity index (χ0n) is 15.6. The van der Waals surface area contributed by atoms with Crippen LogP contribution in [0.1, 0.15) is 30.5 Å². The van der Waals surface area contributed by atoms with E-state index >= 15 is 0 Å². The lowest BCUT2D eigenvalue weighted by Gasteiger charge is -2.17. The van der Waals surface area contributed by atoms with E-state index in [0.717, 1.165) is 11.1 Å². The van der Waals surface area contributed by atoms with Gasteiger partial charge in [0.1, 0.15) is 5.82 Å². The molecule has 1 unspecified atom stereocenters. The van der Waals surface area contributed by atoms with Crippen LogP contribution in [0.25, 0.3) is 0 Å². The molecule has 0 bridgehead atoms. The molecule has 2 aromatic carbocycles. The minimum absolute atomic E-state index is 0.0846. The summed E-state index contributed by atoms with van der Waals surface area (Å²) < 4.78 is 13.7. The predicted molar refractivity (Wildman–Crippen MR) is 112 cm³/mol. The molecule has 9 heteroatoms. The summed E-state index contributed by atoms with van der Waals surface area (Å²) in [5.41, 5.74) is 1.82. The van der Waals surface area contributed by atoms with Crippen molar-refractivity contribution in [3.8, 4) is 0 Å². The van der Waals surface area contributed by atoms with Crippen LogP contribution in [-0.4, -0.2) is 22.0 Å². The summed E-state index contributed by atoms with van der Waals surface area (Å²) in [7, 11) is 0. The Labute approximate surface area is 175 Å². The summed E-state index contributed by atoms with van der Waals surface area (Å²) in [4.78, 5) is 23.9. The third-order valence-electron chi connectivity index (χ3n) is 3.90. The number of amides is 2. The van der Waals surface area contributed by atoms with Gasteiger partial charge in [-0.05, 0) is 23.3 Å². The normalized spacial score (nSPS) is 11.7. The van der Waals surface area contributed by atoms with Crippen LogP contribution in [0.5, 0.6) is 0 Å². The van der Waals surface area contributed by atoms with E-state index in [4.69, 9.17) is 0 Å². The van der Waals surface area contributed by atoms with Crippen molar-refractivity contribution in [2.45, 2.75) is 29.5 Å². The third-order valence-corrected chi connectivity index (χ3v) is 5.94. The first kappa shape index (κ1) is 20.9. The number of aromatic nitrogens is 2. The number of carbonyl (C=O) groups is 2. The maximum absolute atomic E-state index is 13.0. The van der Waals surface area contributed by atoms with E-state index in [2.05, 4.69) is 20.8 Å². The molecule has 150 valence electrons. The molecule has 0 spiro atoms. The first-order chi connectivity index (χ1) is 14.0. The second kappa shape index (κ2) is 10.1. The van der Waals surface area contributed by atoms with E-state index in [1.165, 1.54) is 42.2 Å². The fourth-order valence-corrected chi connectivity index (χ4v) is 4.31. The van der Waals surface area contributed by atoms with Gasteiger partial charge in [-0.15, -0.1) is 10.2 Å². The number of halogens is 1. The molecule has 1 atom stereocenters. The molecule has 0 aliphatic rings. The molecule has 0 aliphatic heterocycles. The van der Waals surface area contributed by atoms with Gasteiger partial charge in [-0.1, -0.05) is 65.6 Å². The van der Waals surface area contributed by atoms with E-state index in [1.807, 2.05) is 30.3 Å². The fourth-order valence-electron chi connectivity index (χ4n) is 2.58. The molecule has 1 aromatic heterocycles. The fraction of sp³-hybridized carbons (Fsp3) is 0.200. The Morgan fingerprint density at radius 3 is 2.52 bits per heavy atom. The number of nitrogens with one attached hydrogen (secondary N) is 2. The first-order valence-electron chi connectivity index (χ1n) is 8.82. The smallest absolute Gasteiger partial charge is 0.228 e. The standard InChI is InChI=1S/C20H19FN4O2S2/c1-13(26)22-17(15-5-3-2-4-6-15)11-18(27)23-19-24-25-20(29-19)28-12-14-7-9-16(21)10-8-14/h2-10,17H,11-12H2,1H3,(H,22,26)(H,23,24,27). The minimum Gasteiger partial charge on any atom is -0.349 e. The van der Waals surface area contributed by atoms with Crippen molar-refractivity contribution in [2.75, 3.05) is 5.32 Å². The Morgan fingerprint density at radius 1 is 1.10 bits per heavy atom. The first-order valence-corrected chi connectivity index (χ1v) is 10.6. The minimum atomic E-state index is -0.422. The molecule has 0 fully saturated rings. The molecular weight excluding hydrogens is 411 g/mol. The lowest BCUT2D eigenvalue weighted by Crippen LogP contribution is -2.29. The van der Waals surface area contributed by atoms with Crippen LogP contribution < -0.4 is 10.6 Å². The summed E-state index contributed by atoms with van der Waals surface area (Å²) in [6.07, 6.45) is 0.0846. The van der Waals surface area contributed by atoms with Gasteiger partial charge in [0.05, 0.1) is 12.5 Å². The average Bonchev–Trinajstić information content (AvgIpc) is 3.14. The summed E-state index contributed by atoms with van der Waals surface area (Å²) in [6.45, 7) is 1.42. The second-order valence-corrected chi connectivity index (χ2v) is 8.40. The van der Waals surface area contributed by atoms with Crippen LogP contribution in [0.3, 0.4) is 0 Å². The van der Waals surface area contributed by atoms with E-state index in [0.29, 0.717) is 15.2 Å². The van der Waals surface area contributed by atoms with Crippen molar-refractivity contribution < 1.29 is 14.0 Å². The monoisotopic (exact) mass is 430 g/mol. The molecule has 29 heavy (non-hydrogen) atoms. The molecule has 2 N–H and O–H groups in total. The van der Waals surface area contributed by atoms with Crippen LogP contribution in [0.2, 0.25) is 0 Å². The van der Waals surface area contributed by atoms with Crippen molar-refractivity contribution in [1.29, 1.82) is 0 Å². The van der Waals surface area contributed by atoms with Gasteiger partial charge < -0.3 is 10.6 Å². The second-order valence-electron chi connectivity index (χ2n) is 6.20. The topological polar surface area (TPSA) is 84.0 Å². The van der Waals surface area contributed by atoms with E-state index in [1.54, 1.807) is 12.1 Å². The van der Waals surface area contributed by atoms with Gasteiger partial charge in [0, 0.05) is 12.7 Å². The van der Waals surface area contributed by atoms with Gasteiger partial charge in [-0.2, -0.15) is 0 Å². The Balaban J connectivity index is 1.55. The zero-order valence-corrected chi connectivity index (χ0v) is 17.2. The average molecular weight is 431 g/mol. The Kier molecular flexibility index (Phi) is 7.31. The number of benzene rings is 2. The number of hydrogen-bond acceptors (Lipinski definition) is 6. The van der Waals surface area contributed by atoms with Crippen molar-refractivity contribution >= 4 is 40.0 Å². The molecule has 0 saturated carbocycles. The van der Waals surface area contributed by atoms with E-state index in [9.17, 15) is 14.0 Å². The largest absolute Gasteiger partial charge is 0.349 e. The Hall–Kier alpha value is -2.78. The van der Waals surface area contributed by atoms with Gasteiger partial charge in [0.2, 0.25) is 16.9 Å².